The Morgan fingerprint density at radius 2 is 1.79 bits per heavy atom. The summed E-state index contributed by atoms with van der Waals surface area (Å²) in [5.74, 6) is -0.230. The lowest BCUT2D eigenvalue weighted by Gasteiger charge is -2.04. The number of nitrogens with one attached hydrogen (secondary N) is 1. The number of ether oxygens (including phenoxy) is 2. The van der Waals surface area contributed by atoms with E-state index in [1.54, 1.807) is 11.4 Å². The summed E-state index contributed by atoms with van der Waals surface area (Å²) in [6, 6.07) is 16.2. The number of anilines is 1. The molecular weight excluding hydrogens is 459 g/mol. The summed E-state index contributed by atoms with van der Waals surface area (Å²) in [4.78, 5) is 28.8. The second-order valence-corrected chi connectivity index (χ2v) is 8.35. The third-order valence-corrected chi connectivity index (χ3v) is 5.55. The van der Waals surface area contributed by atoms with Crippen LogP contribution in [0.1, 0.15) is 32.6 Å². The molecule has 0 aliphatic heterocycles. The topological polar surface area (TPSA) is 90.7 Å². The van der Waals surface area contributed by atoms with Crippen molar-refractivity contribution in [3.63, 3.8) is 0 Å². The minimum atomic E-state index is -0.639. The van der Waals surface area contributed by atoms with Crippen molar-refractivity contribution in [1.82, 2.24) is 4.98 Å². The number of hydrogen-bond donors (Lipinski definition) is 1. The van der Waals surface area contributed by atoms with Crippen molar-refractivity contribution in [3.05, 3.63) is 99.6 Å². The second-order valence-electron chi connectivity index (χ2n) is 7.41. The molecule has 34 heavy (non-hydrogen) atoms. The van der Waals surface area contributed by atoms with Crippen molar-refractivity contribution < 1.29 is 27.9 Å². The molecule has 4 rings (SSSR count). The van der Waals surface area contributed by atoms with E-state index >= 15 is 0 Å². The van der Waals surface area contributed by atoms with Gasteiger partial charge in [0.25, 0.3) is 0 Å². The van der Waals surface area contributed by atoms with E-state index in [1.165, 1.54) is 41.7 Å². The van der Waals surface area contributed by atoms with E-state index in [0.29, 0.717) is 22.2 Å². The van der Waals surface area contributed by atoms with Gasteiger partial charge in [0.1, 0.15) is 35.5 Å². The lowest BCUT2D eigenvalue weighted by atomic mass is 10.2. The summed E-state index contributed by atoms with van der Waals surface area (Å²) in [6.07, 6.45) is 0.127. The minimum absolute atomic E-state index is 0.0330. The largest absolute Gasteiger partial charge is 0.486 e. The molecule has 1 amide bonds. The highest BCUT2D eigenvalue weighted by Crippen LogP contribution is 2.17. The summed E-state index contributed by atoms with van der Waals surface area (Å²) >= 11 is 1.32. The number of nitrogens with zero attached hydrogens (tertiary/aromatic N) is 1. The van der Waals surface area contributed by atoms with Gasteiger partial charge in [-0.2, -0.15) is 0 Å². The molecule has 0 saturated carbocycles. The molecule has 174 valence electrons. The van der Waals surface area contributed by atoms with Crippen molar-refractivity contribution in [2.75, 3.05) is 5.32 Å². The molecule has 0 aliphatic rings. The van der Waals surface area contributed by atoms with Crippen molar-refractivity contribution in [2.24, 2.45) is 0 Å². The van der Waals surface area contributed by atoms with E-state index in [4.69, 9.17) is 13.9 Å². The van der Waals surface area contributed by atoms with Crippen molar-refractivity contribution >= 4 is 28.9 Å². The molecule has 7 nitrogen and oxygen atoms in total. The summed E-state index contributed by atoms with van der Waals surface area (Å²) in [6.45, 7) is 2.01. The highest BCUT2D eigenvalue weighted by atomic mass is 32.1. The third kappa shape index (κ3) is 6.52. The van der Waals surface area contributed by atoms with Crippen LogP contribution in [-0.2, 0) is 29.2 Å². The van der Waals surface area contributed by atoms with Crippen molar-refractivity contribution in [2.45, 2.75) is 26.6 Å². The van der Waals surface area contributed by atoms with Gasteiger partial charge in [0.05, 0.1) is 12.1 Å². The van der Waals surface area contributed by atoms with Crippen LogP contribution in [0.2, 0.25) is 0 Å². The molecule has 2 aromatic carbocycles. The van der Waals surface area contributed by atoms with Gasteiger partial charge in [-0.1, -0.05) is 17.7 Å². The average Bonchev–Trinajstić information content (AvgIpc) is 3.48. The lowest BCUT2D eigenvalue weighted by molar-refractivity contribution is -0.115. The predicted molar refractivity (Wildman–Crippen MR) is 124 cm³/mol. The number of halogens is 1. The number of furan rings is 1. The van der Waals surface area contributed by atoms with Gasteiger partial charge in [0, 0.05) is 11.1 Å². The number of aryl methyl sites for hydroxylation is 1. The lowest BCUT2D eigenvalue weighted by Crippen LogP contribution is -2.14. The van der Waals surface area contributed by atoms with Crippen molar-refractivity contribution in [3.8, 4) is 5.75 Å². The van der Waals surface area contributed by atoms with Crippen LogP contribution in [0.15, 0.2) is 70.5 Å². The number of rotatable bonds is 9. The maximum atomic E-state index is 12.9. The molecule has 0 fully saturated rings. The molecule has 0 aliphatic carbocycles. The number of amides is 1. The first-order valence-electron chi connectivity index (χ1n) is 10.4. The van der Waals surface area contributed by atoms with Crippen LogP contribution >= 0.6 is 11.3 Å². The summed E-state index contributed by atoms with van der Waals surface area (Å²) < 4.78 is 29.1. The number of aromatic nitrogens is 1. The molecule has 2 aromatic heterocycles. The van der Waals surface area contributed by atoms with Gasteiger partial charge < -0.3 is 19.2 Å². The van der Waals surface area contributed by atoms with E-state index in [9.17, 15) is 14.0 Å². The number of thiazole rings is 1. The van der Waals surface area contributed by atoms with Crippen LogP contribution in [0.3, 0.4) is 0 Å². The number of esters is 1. The summed E-state index contributed by atoms with van der Waals surface area (Å²) in [5, 5.41) is 5.19. The number of carbonyl (C=O) groups excluding carboxylic acids is 2. The Kier molecular flexibility index (Phi) is 7.34. The fourth-order valence-corrected chi connectivity index (χ4v) is 3.71. The average molecular weight is 481 g/mol. The summed E-state index contributed by atoms with van der Waals surface area (Å²) in [5.41, 5.74) is 2.38. The zero-order chi connectivity index (χ0) is 23.9. The van der Waals surface area contributed by atoms with E-state index in [-0.39, 0.29) is 37.1 Å². The maximum absolute atomic E-state index is 12.9. The molecule has 0 radical (unpaired) electrons. The molecule has 0 saturated heterocycles. The Hall–Kier alpha value is -3.98. The van der Waals surface area contributed by atoms with E-state index in [1.807, 2.05) is 31.2 Å². The van der Waals surface area contributed by atoms with Gasteiger partial charge >= 0.3 is 5.97 Å². The molecule has 0 spiro atoms. The van der Waals surface area contributed by atoms with E-state index in [2.05, 4.69) is 10.3 Å². The Morgan fingerprint density at radius 3 is 2.56 bits per heavy atom. The zero-order valence-electron chi connectivity index (χ0n) is 18.2. The fourth-order valence-electron chi connectivity index (χ4n) is 2.94. The van der Waals surface area contributed by atoms with Crippen LogP contribution in [0.5, 0.6) is 5.75 Å². The summed E-state index contributed by atoms with van der Waals surface area (Å²) in [7, 11) is 0. The first-order valence-corrected chi connectivity index (χ1v) is 11.3. The van der Waals surface area contributed by atoms with Gasteiger partial charge in [-0.25, -0.2) is 14.2 Å². The zero-order valence-corrected chi connectivity index (χ0v) is 19.1. The Morgan fingerprint density at radius 1 is 1.03 bits per heavy atom. The van der Waals surface area contributed by atoms with E-state index in [0.717, 1.165) is 11.3 Å². The van der Waals surface area contributed by atoms with Crippen LogP contribution in [0.25, 0.3) is 0 Å². The maximum Gasteiger partial charge on any atom is 0.374 e. The van der Waals surface area contributed by atoms with Gasteiger partial charge in [0.2, 0.25) is 11.7 Å². The minimum Gasteiger partial charge on any atom is -0.486 e. The normalized spacial score (nSPS) is 10.6. The van der Waals surface area contributed by atoms with Crippen LogP contribution in [0, 0.1) is 12.7 Å². The SMILES string of the molecule is Cc1ccc(NC(=O)Cc2nc(COC(=O)c3ccc(COc4ccc(F)cc4)o3)cs2)cc1. The van der Waals surface area contributed by atoms with Crippen LogP contribution < -0.4 is 10.1 Å². The third-order valence-electron chi connectivity index (χ3n) is 4.66. The predicted octanol–water partition coefficient (Wildman–Crippen LogP) is 5.30. The first-order chi connectivity index (χ1) is 16.4. The van der Waals surface area contributed by atoms with Gasteiger partial charge in [0.15, 0.2) is 0 Å². The van der Waals surface area contributed by atoms with Gasteiger partial charge in [-0.3, -0.25) is 4.79 Å². The molecule has 4 aromatic rings. The number of benzene rings is 2. The molecule has 9 heteroatoms. The molecule has 1 N–H and O–H groups in total. The molecule has 0 unspecified atom stereocenters. The molecular formula is C25H21FN2O5S. The fraction of sp³-hybridized carbons (Fsp3) is 0.160. The number of carbonyl (C=O) groups is 2. The van der Waals surface area contributed by atoms with Gasteiger partial charge in [-0.15, -0.1) is 11.3 Å². The number of hydrogen-bond acceptors (Lipinski definition) is 7. The monoisotopic (exact) mass is 480 g/mol. The molecule has 2 heterocycles. The quantitative estimate of drug-likeness (QED) is 0.327. The van der Waals surface area contributed by atoms with Crippen molar-refractivity contribution in [1.29, 1.82) is 0 Å². The van der Waals surface area contributed by atoms with Gasteiger partial charge in [-0.05, 0) is 55.5 Å². The highest BCUT2D eigenvalue weighted by Gasteiger charge is 2.15. The standard InChI is InChI=1S/C25H21FN2O5S/c1-16-2-6-18(7-3-16)27-23(29)12-24-28-19(15-34-24)13-32-25(30)22-11-10-21(33-22)14-31-20-8-4-17(26)5-9-20/h2-11,15H,12-14H2,1H3,(H,27,29). The highest BCUT2D eigenvalue weighted by molar-refractivity contribution is 7.09. The molecule has 0 bridgehead atoms. The smallest absolute Gasteiger partial charge is 0.374 e. The molecule has 0 atom stereocenters. The Balaban J connectivity index is 1.23. The Labute approximate surface area is 199 Å². The van der Waals surface area contributed by atoms with Crippen LogP contribution in [-0.4, -0.2) is 16.9 Å². The first kappa shape index (κ1) is 23.2. The van der Waals surface area contributed by atoms with Crippen LogP contribution in [0.4, 0.5) is 10.1 Å². The Bertz CT molecular complexity index is 1270. The second kappa shape index (κ2) is 10.8. The van der Waals surface area contributed by atoms with E-state index < -0.39 is 5.97 Å².